The number of allylic oxidation sites excluding steroid dienone is 4. The van der Waals surface area contributed by atoms with Crippen LogP contribution < -0.4 is 0 Å². The van der Waals surface area contributed by atoms with Gasteiger partial charge in [0.25, 0.3) is 0 Å². The third kappa shape index (κ3) is 6.56. The molecular weight excluding hydrogens is 163 g/mol. The van der Waals surface area contributed by atoms with Crippen LogP contribution in [0.1, 0.15) is 47.5 Å². The summed E-state index contributed by atoms with van der Waals surface area (Å²) in [6.45, 7) is 9.34. The lowest BCUT2D eigenvalue weighted by Crippen LogP contribution is -2.13. The first kappa shape index (κ1) is 12.4. The Morgan fingerprint density at radius 3 is 2.15 bits per heavy atom. The third-order valence-corrected chi connectivity index (χ3v) is 1.94. The van der Waals surface area contributed by atoms with Crippen LogP contribution in [0.3, 0.4) is 0 Å². The van der Waals surface area contributed by atoms with E-state index in [1.165, 1.54) is 11.1 Å². The topological polar surface area (TPSA) is 0 Å². The highest BCUT2D eigenvalue weighted by Gasteiger charge is 2.17. The van der Waals surface area contributed by atoms with Gasteiger partial charge in [-0.2, -0.15) is 0 Å². The van der Waals surface area contributed by atoms with Crippen LogP contribution in [0.5, 0.6) is 0 Å². The average Bonchev–Trinajstić information content (AvgIpc) is 1.95. The average molecular weight is 184 g/mol. The van der Waals surface area contributed by atoms with E-state index in [-0.39, 0.29) is 0 Å². The van der Waals surface area contributed by atoms with E-state index in [0.717, 1.165) is 6.42 Å². The molecule has 13 heavy (non-hydrogen) atoms. The van der Waals surface area contributed by atoms with Crippen LogP contribution in [0.25, 0.3) is 0 Å². The lowest BCUT2D eigenvalue weighted by molar-refractivity contribution is 0.215. The third-order valence-electron chi connectivity index (χ3n) is 1.94. The van der Waals surface area contributed by atoms with E-state index in [4.69, 9.17) is 0 Å². The van der Waals surface area contributed by atoms with Crippen LogP contribution in [-0.2, 0) is 0 Å². The summed E-state index contributed by atoms with van der Waals surface area (Å²) in [5.74, 6) is 0. The maximum absolute atomic E-state index is 13.4. The second kappa shape index (κ2) is 5.21. The minimum absolute atomic E-state index is 0.541. The molecule has 0 aromatic carbocycles. The first-order chi connectivity index (χ1) is 5.87. The van der Waals surface area contributed by atoms with Gasteiger partial charge in [0, 0.05) is 6.42 Å². The van der Waals surface area contributed by atoms with E-state index >= 15 is 0 Å². The summed E-state index contributed by atoms with van der Waals surface area (Å²) >= 11 is 0. The quantitative estimate of drug-likeness (QED) is 0.567. The van der Waals surface area contributed by atoms with Crippen molar-refractivity contribution in [2.75, 3.05) is 0 Å². The van der Waals surface area contributed by atoms with Gasteiger partial charge >= 0.3 is 0 Å². The van der Waals surface area contributed by atoms with Crippen molar-refractivity contribution in [1.29, 1.82) is 0 Å². The molecule has 76 valence electrons. The summed E-state index contributed by atoms with van der Waals surface area (Å²) in [7, 11) is 0. The summed E-state index contributed by atoms with van der Waals surface area (Å²) in [4.78, 5) is 0. The van der Waals surface area contributed by atoms with E-state index in [1.54, 1.807) is 13.8 Å². The predicted octanol–water partition coefficient (Wildman–Crippen LogP) is 4.43. The molecule has 0 N–H and O–H groups in total. The summed E-state index contributed by atoms with van der Waals surface area (Å²) in [6.07, 6.45) is 5.51. The van der Waals surface area contributed by atoms with Gasteiger partial charge in [-0.05, 0) is 41.0 Å². The van der Waals surface area contributed by atoms with Gasteiger partial charge in [0.1, 0.15) is 5.67 Å². The molecular formula is C12H21F. The summed E-state index contributed by atoms with van der Waals surface area (Å²) < 4.78 is 13.4. The Bertz CT molecular complexity index is 200. The number of alkyl halides is 1. The number of hydrogen-bond donors (Lipinski definition) is 0. The molecule has 0 aromatic heterocycles. The SMILES string of the molecule is C/C=C\CC(CC(C)(C)F)=C(C)C. The molecule has 0 saturated carbocycles. The molecule has 0 radical (unpaired) electrons. The molecule has 0 amide bonds. The van der Waals surface area contributed by atoms with Crippen molar-refractivity contribution in [3.8, 4) is 0 Å². The molecule has 0 aliphatic rings. The predicted molar refractivity (Wildman–Crippen MR) is 57.6 cm³/mol. The van der Waals surface area contributed by atoms with Crippen LogP contribution in [0.15, 0.2) is 23.3 Å². The lowest BCUT2D eigenvalue weighted by Gasteiger charge is -2.17. The summed E-state index contributed by atoms with van der Waals surface area (Å²) in [5, 5.41) is 0. The highest BCUT2D eigenvalue weighted by Crippen LogP contribution is 2.24. The Balaban J connectivity index is 4.39. The van der Waals surface area contributed by atoms with E-state index in [0.29, 0.717) is 6.42 Å². The van der Waals surface area contributed by atoms with Crippen molar-refractivity contribution in [3.63, 3.8) is 0 Å². The van der Waals surface area contributed by atoms with Crippen molar-refractivity contribution >= 4 is 0 Å². The Morgan fingerprint density at radius 1 is 1.31 bits per heavy atom. The molecule has 0 heterocycles. The van der Waals surface area contributed by atoms with Crippen molar-refractivity contribution in [2.24, 2.45) is 0 Å². The van der Waals surface area contributed by atoms with E-state index in [1.807, 2.05) is 26.8 Å². The van der Waals surface area contributed by atoms with Crippen LogP contribution in [0.4, 0.5) is 4.39 Å². The lowest BCUT2D eigenvalue weighted by atomic mass is 9.94. The van der Waals surface area contributed by atoms with Gasteiger partial charge in [-0.3, -0.25) is 0 Å². The Kier molecular flexibility index (Phi) is 4.97. The molecule has 0 atom stereocenters. The van der Waals surface area contributed by atoms with Gasteiger partial charge in [-0.15, -0.1) is 0 Å². The molecule has 0 spiro atoms. The largest absolute Gasteiger partial charge is 0.244 e. The molecule has 0 aliphatic carbocycles. The second-order valence-electron chi connectivity index (χ2n) is 4.27. The first-order valence-corrected chi connectivity index (χ1v) is 4.82. The fourth-order valence-corrected chi connectivity index (χ4v) is 1.22. The van der Waals surface area contributed by atoms with Crippen molar-refractivity contribution < 1.29 is 4.39 Å². The Labute approximate surface area is 81.5 Å². The second-order valence-corrected chi connectivity index (χ2v) is 4.27. The first-order valence-electron chi connectivity index (χ1n) is 4.82. The van der Waals surface area contributed by atoms with Crippen LogP contribution in [-0.4, -0.2) is 5.67 Å². The van der Waals surface area contributed by atoms with Gasteiger partial charge in [0.15, 0.2) is 0 Å². The molecule has 0 bridgehead atoms. The highest BCUT2D eigenvalue weighted by atomic mass is 19.1. The zero-order chi connectivity index (χ0) is 10.5. The van der Waals surface area contributed by atoms with Gasteiger partial charge in [-0.25, -0.2) is 4.39 Å². The Morgan fingerprint density at radius 2 is 1.85 bits per heavy atom. The van der Waals surface area contributed by atoms with Crippen LogP contribution in [0, 0.1) is 0 Å². The van der Waals surface area contributed by atoms with Crippen molar-refractivity contribution in [1.82, 2.24) is 0 Å². The highest BCUT2D eigenvalue weighted by molar-refractivity contribution is 5.15. The molecule has 0 rings (SSSR count). The fraction of sp³-hybridized carbons (Fsp3) is 0.667. The number of halogens is 1. The summed E-state index contributed by atoms with van der Waals surface area (Å²) in [6, 6.07) is 0. The minimum atomic E-state index is -1.09. The van der Waals surface area contributed by atoms with Crippen LogP contribution in [0.2, 0.25) is 0 Å². The minimum Gasteiger partial charge on any atom is -0.244 e. The number of rotatable bonds is 4. The monoisotopic (exact) mass is 184 g/mol. The van der Waals surface area contributed by atoms with Crippen LogP contribution >= 0.6 is 0 Å². The molecule has 0 aromatic rings. The van der Waals surface area contributed by atoms with Crippen molar-refractivity contribution in [3.05, 3.63) is 23.3 Å². The molecule has 1 heteroatoms. The Hall–Kier alpha value is -0.590. The molecule has 0 nitrogen and oxygen atoms in total. The molecule has 0 fully saturated rings. The maximum Gasteiger partial charge on any atom is 0.109 e. The molecule has 0 aliphatic heterocycles. The smallest absolute Gasteiger partial charge is 0.109 e. The van der Waals surface area contributed by atoms with E-state index in [2.05, 4.69) is 6.08 Å². The molecule has 0 saturated heterocycles. The standard InChI is InChI=1S/C12H21F/c1-6-7-8-11(10(2)3)9-12(4,5)13/h6-7H,8-9H2,1-5H3/b7-6-. The zero-order valence-corrected chi connectivity index (χ0v) is 9.45. The van der Waals surface area contributed by atoms with E-state index < -0.39 is 5.67 Å². The fourth-order valence-electron chi connectivity index (χ4n) is 1.22. The van der Waals surface area contributed by atoms with E-state index in [9.17, 15) is 4.39 Å². The van der Waals surface area contributed by atoms with Crippen molar-refractivity contribution in [2.45, 2.75) is 53.1 Å². The van der Waals surface area contributed by atoms with Gasteiger partial charge in [0.05, 0.1) is 0 Å². The van der Waals surface area contributed by atoms with Gasteiger partial charge in [0.2, 0.25) is 0 Å². The van der Waals surface area contributed by atoms with Gasteiger partial charge < -0.3 is 0 Å². The molecule has 0 unspecified atom stereocenters. The zero-order valence-electron chi connectivity index (χ0n) is 9.45. The van der Waals surface area contributed by atoms with Gasteiger partial charge in [-0.1, -0.05) is 23.3 Å². The maximum atomic E-state index is 13.4. The normalized spacial score (nSPS) is 12.2. The number of hydrogen-bond acceptors (Lipinski definition) is 0. The summed E-state index contributed by atoms with van der Waals surface area (Å²) in [5.41, 5.74) is 1.36.